The third kappa shape index (κ3) is 15.7. The molecule has 0 saturated heterocycles. The second-order valence-corrected chi connectivity index (χ2v) is 7.58. The molecule has 1 aromatic rings. The van der Waals surface area contributed by atoms with Crippen LogP contribution in [-0.2, 0) is 6.54 Å². The molecule has 0 amide bonds. The fraction of sp³-hybridized carbons (Fsp3) is 0.500. The van der Waals surface area contributed by atoms with E-state index in [-0.39, 0.29) is 0 Å². The minimum absolute atomic E-state index is 1.00. The zero-order valence-electron chi connectivity index (χ0n) is 21.0. The molecule has 1 heteroatoms. The maximum Gasteiger partial charge on any atom is 0.0205 e. The highest BCUT2D eigenvalue weighted by molar-refractivity contribution is 5.42. The first kappa shape index (κ1) is 29.3. The first-order valence-corrected chi connectivity index (χ1v) is 11.1. The molecule has 1 N–H and O–H groups in total. The summed E-state index contributed by atoms with van der Waals surface area (Å²) in [5, 5.41) is 3.46. The molecule has 1 rings (SSSR count). The quantitative estimate of drug-likeness (QED) is 0.342. The van der Waals surface area contributed by atoms with Gasteiger partial charge in [0.1, 0.15) is 0 Å². The molecule has 0 aliphatic carbocycles. The molecule has 0 aliphatic rings. The number of benzene rings is 1. The molecule has 0 fully saturated rings. The summed E-state index contributed by atoms with van der Waals surface area (Å²) in [6.07, 6.45) is 8.81. The monoisotopic (exact) mass is 397 g/mol. The van der Waals surface area contributed by atoms with Crippen molar-refractivity contribution in [1.29, 1.82) is 0 Å². The van der Waals surface area contributed by atoms with Crippen LogP contribution in [0.1, 0.15) is 84.9 Å². The van der Waals surface area contributed by atoms with Crippen molar-refractivity contribution in [3.05, 3.63) is 82.0 Å². The molecule has 0 aromatic heterocycles. The maximum absolute atomic E-state index is 4.03. The lowest BCUT2D eigenvalue weighted by atomic mass is 10.0. The molecular formula is C28H47N. The summed E-state index contributed by atoms with van der Waals surface area (Å²) >= 11 is 0. The van der Waals surface area contributed by atoms with Crippen LogP contribution in [-0.4, -0.2) is 6.54 Å². The Hall–Kier alpha value is -1.86. The summed E-state index contributed by atoms with van der Waals surface area (Å²) < 4.78 is 0. The van der Waals surface area contributed by atoms with Crippen molar-refractivity contribution in [2.45, 2.75) is 88.6 Å². The lowest BCUT2D eigenvalue weighted by Crippen LogP contribution is -2.14. The molecule has 164 valence electrons. The minimum Gasteiger partial charge on any atom is -0.313 e. The number of unbranched alkanes of at least 4 members (excludes halogenated alkanes) is 1. The van der Waals surface area contributed by atoms with Crippen molar-refractivity contribution in [3.8, 4) is 0 Å². The predicted octanol–water partition coefficient (Wildman–Crippen LogP) is 8.64. The van der Waals surface area contributed by atoms with E-state index in [1.165, 1.54) is 46.3 Å². The Kier molecular flexibility index (Phi) is 18.4. The van der Waals surface area contributed by atoms with Crippen molar-refractivity contribution in [1.82, 2.24) is 5.32 Å². The van der Waals surface area contributed by atoms with Gasteiger partial charge in [-0.1, -0.05) is 86.9 Å². The average Bonchev–Trinajstić information content (AvgIpc) is 2.65. The first-order chi connectivity index (χ1) is 13.7. The van der Waals surface area contributed by atoms with Gasteiger partial charge in [-0.05, 0) is 83.7 Å². The first-order valence-electron chi connectivity index (χ1n) is 11.1. The van der Waals surface area contributed by atoms with Crippen molar-refractivity contribution < 1.29 is 0 Å². The molecule has 1 aromatic carbocycles. The lowest BCUT2D eigenvalue weighted by molar-refractivity contribution is 0.641. The third-order valence-corrected chi connectivity index (χ3v) is 4.27. The zero-order valence-corrected chi connectivity index (χ0v) is 21.0. The van der Waals surface area contributed by atoms with E-state index in [1.807, 2.05) is 20.8 Å². The predicted molar refractivity (Wildman–Crippen MR) is 136 cm³/mol. The number of allylic oxidation sites excluding steroid dienone is 7. The van der Waals surface area contributed by atoms with Crippen LogP contribution in [0.25, 0.3) is 0 Å². The minimum atomic E-state index is 1.00. The standard InChI is InChI=1S/C13H21N.C13H20.C2H6/c1-4-5-6-14-10-13-8-11(2)7-12(3)9-13;1-7-8-11(4)13(6)12(5)9-10(2)3;1-2/h7-9,14H,4-6,10H2,1-3H3;7-9H,5H2,1-4,6H3;1-2H3/b;8-7-,13-11+;. The number of aryl methyl sites for hydroxylation is 2. The van der Waals surface area contributed by atoms with E-state index in [4.69, 9.17) is 0 Å². The molecule has 0 spiro atoms. The van der Waals surface area contributed by atoms with Crippen LogP contribution in [0.3, 0.4) is 0 Å². The van der Waals surface area contributed by atoms with Gasteiger partial charge in [-0.2, -0.15) is 0 Å². The van der Waals surface area contributed by atoms with E-state index < -0.39 is 0 Å². The van der Waals surface area contributed by atoms with Gasteiger partial charge in [0.25, 0.3) is 0 Å². The van der Waals surface area contributed by atoms with E-state index in [2.05, 4.69) is 96.8 Å². The van der Waals surface area contributed by atoms with Crippen LogP contribution in [0.2, 0.25) is 0 Å². The summed E-state index contributed by atoms with van der Waals surface area (Å²) in [5.41, 5.74) is 9.06. The third-order valence-electron chi connectivity index (χ3n) is 4.27. The molecule has 0 radical (unpaired) electrons. The van der Waals surface area contributed by atoms with Crippen LogP contribution >= 0.6 is 0 Å². The van der Waals surface area contributed by atoms with Crippen LogP contribution in [0.4, 0.5) is 0 Å². The van der Waals surface area contributed by atoms with E-state index >= 15 is 0 Å². The molecule has 0 bridgehead atoms. The van der Waals surface area contributed by atoms with E-state index in [9.17, 15) is 0 Å². The molecule has 29 heavy (non-hydrogen) atoms. The fourth-order valence-electron chi connectivity index (χ4n) is 2.79. The van der Waals surface area contributed by atoms with Gasteiger partial charge in [0.05, 0.1) is 0 Å². The Morgan fingerprint density at radius 2 is 1.55 bits per heavy atom. The van der Waals surface area contributed by atoms with Crippen LogP contribution in [0.5, 0.6) is 0 Å². The van der Waals surface area contributed by atoms with Crippen LogP contribution < -0.4 is 5.32 Å². The van der Waals surface area contributed by atoms with Gasteiger partial charge in [0.2, 0.25) is 0 Å². The zero-order chi connectivity index (χ0) is 22.8. The Morgan fingerprint density at radius 3 is 2.00 bits per heavy atom. The fourth-order valence-corrected chi connectivity index (χ4v) is 2.79. The Morgan fingerprint density at radius 1 is 1.00 bits per heavy atom. The normalized spacial score (nSPS) is 11.0. The largest absolute Gasteiger partial charge is 0.313 e. The van der Waals surface area contributed by atoms with Crippen molar-refractivity contribution in [3.63, 3.8) is 0 Å². The maximum atomic E-state index is 4.03. The second-order valence-electron chi connectivity index (χ2n) is 7.58. The van der Waals surface area contributed by atoms with Gasteiger partial charge in [0, 0.05) is 6.54 Å². The van der Waals surface area contributed by atoms with Crippen molar-refractivity contribution in [2.24, 2.45) is 0 Å². The molecule has 0 aliphatic heterocycles. The van der Waals surface area contributed by atoms with E-state index in [0.29, 0.717) is 0 Å². The molecule has 0 heterocycles. The number of rotatable bonds is 8. The highest BCUT2D eigenvalue weighted by Crippen LogP contribution is 2.16. The van der Waals surface area contributed by atoms with Crippen LogP contribution in [0.15, 0.2) is 65.3 Å². The topological polar surface area (TPSA) is 12.0 Å². The summed E-state index contributed by atoms with van der Waals surface area (Å²) in [6, 6.07) is 6.73. The number of hydrogen-bond donors (Lipinski definition) is 1. The summed E-state index contributed by atoms with van der Waals surface area (Å²) in [7, 11) is 0. The highest BCUT2D eigenvalue weighted by atomic mass is 14.8. The van der Waals surface area contributed by atoms with Crippen LogP contribution in [0, 0.1) is 13.8 Å². The second kappa shape index (κ2) is 18.2. The molecule has 0 unspecified atom stereocenters. The molecule has 1 nitrogen and oxygen atoms in total. The molecule has 0 atom stereocenters. The lowest BCUT2D eigenvalue weighted by Gasteiger charge is -2.06. The summed E-state index contributed by atoms with van der Waals surface area (Å²) in [5.74, 6) is 0. The summed E-state index contributed by atoms with van der Waals surface area (Å²) in [6.45, 7) is 27.1. The SMILES string of the molecule is C=C(C=C(C)C)/C(C)=C(C)/C=C\C.CC.CCCCNCc1cc(C)cc(C)c1. The Bertz CT molecular complexity index is 647. The Labute approximate surface area is 182 Å². The van der Waals surface area contributed by atoms with Gasteiger partial charge in [-0.3, -0.25) is 0 Å². The highest BCUT2D eigenvalue weighted by Gasteiger charge is 1.96. The molecular weight excluding hydrogens is 350 g/mol. The van der Waals surface area contributed by atoms with Gasteiger partial charge in [0.15, 0.2) is 0 Å². The average molecular weight is 398 g/mol. The van der Waals surface area contributed by atoms with Gasteiger partial charge in [-0.25, -0.2) is 0 Å². The van der Waals surface area contributed by atoms with Gasteiger partial charge >= 0.3 is 0 Å². The van der Waals surface area contributed by atoms with E-state index in [0.717, 1.165) is 18.7 Å². The van der Waals surface area contributed by atoms with Crippen molar-refractivity contribution in [2.75, 3.05) is 6.54 Å². The van der Waals surface area contributed by atoms with E-state index in [1.54, 1.807) is 0 Å². The Balaban J connectivity index is 0. The van der Waals surface area contributed by atoms with Gasteiger partial charge < -0.3 is 5.32 Å². The summed E-state index contributed by atoms with van der Waals surface area (Å²) in [4.78, 5) is 0. The molecule has 0 saturated carbocycles. The smallest absolute Gasteiger partial charge is 0.0205 e. The van der Waals surface area contributed by atoms with Gasteiger partial charge in [-0.15, -0.1) is 0 Å². The van der Waals surface area contributed by atoms with Crippen molar-refractivity contribution >= 4 is 0 Å². The number of nitrogens with one attached hydrogen (secondary N) is 1. The number of hydrogen-bond acceptors (Lipinski definition) is 1.